The molecule has 5 nitrogen and oxygen atoms in total. The number of carbonyl (C=O) groups excluding carboxylic acids is 1. The highest BCUT2D eigenvalue weighted by Gasteiger charge is 2.22. The largest absolute Gasteiger partial charge is 0.508 e. The van der Waals surface area contributed by atoms with Crippen LogP contribution >= 0.6 is 0 Å². The number of likely N-dealkylation sites (N-methyl/N-ethyl adjacent to an activating group) is 1. The van der Waals surface area contributed by atoms with Gasteiger partial charge in [0.2, 0.25) is 0 Å². The maximum atomic E-state index is 12.3. The van der Waals surface area contributed by atoms with E-state index in [9.17, 15) is 9.90 Å². The van der Waals surface area contributed by atoms with Crippen molar-refractivity contribution in [2.45, 2.75) is 31.3 Å². The smallest absolute Gasteiger partial charge is 0.315 e. The fourth-order valence-corrected chi connectivity index (χ4v) is 3.45. The van der Waals surface area contributed by atoms with Gasteiger partial charge in [0.15, 0.2) is 0 Å². The minimum absolute atomic E-state index is 0.111. The summed E-state index contributed by atoms with van der Waals surface area (Å²) in [7, 11) is 4.02. The third kappa shape index (κ3) is 4.76. The van der Waals surface area contributed by atoms with E-state index in [1.54, 1.807) is 12.1 Å². The summed E-state index contributed by atoms with van der Waals surface area (Å²) in [5.41, 5.74) is 3.79. The van der Waals surface area contributed by atoms with Crippen molar-refractivity contribution in [3.8, 4) is 5.75 Å². The molecule has 1 aliphatic rings. The highest BCUT2D eigenvalue weighted by molar-refractivity contribution is 5.74. The van der Waals surface area contributed by atoms with Crippen LogP contribution < -0.4 is 10.6 Å². The molecule has 5 heteroatoms. The van der Waals surface area contributed by atoms with Gasteiger partial charge in [-0.2, -0.15) is 0 Å². The Labute approximate surface area is 155 Å². The highest BCUT2D eigenvalue weighted by Crippen LogP contribution is 2.21. The average Bonchev–Trinajstić information content (AvgIpc) is 3.02. The summed E-state index contributed by atoms with van der Waals surface area (Å²) >= 11 is 0. The van der Waals surface area contributed by atoms with Gasteiger partial charge in [-0.3, -0.25) is 0 Å². The predicted molar refractivity (Wildman–Crippen MR) is 103 cm³/mol. The topological polar surface area (TPSA) is 64.6 Å². The van der Waals surface area contributed by atoms with E-state index in [1.165, 1.54) is 11.1 Å². The zero-order valence-electron chi connectivity index (χ0n) is 15.4. The molecule has 3 N–H and O–H groups in total. The standard InChI is InChI=1S/C21H27N3O2/c1-24(2)19(11-15-7-9-20(25)10-8-15)14-22-21(26)23-18-12-16-5-3-4-6-17(16)13-18/h3-10,18-19,25H,11-14H2,1-2H3,(H2,22,23,26)/t19-/m0/s1. The normalized spacial score (nSPS) is 14.9. The number of phenolic OH excluding ortho intramolecular Hbond substituents is 1. The molecule has 2 amide bonds. The molecule has 0 spiro atoms. The fraction of sp³-hybridized carbons (Fsp3) is 0.381. The van der Waals surface area contributed by atoms with Crippen molar-refractivity contribution in [3.05, 3.63) is 65.2 Å². The number of benzene rings is 2. The van der Waals surface area contributed by atoms with Crippen molar-refractivity contribution in [1.29, 1.82) is 0 Å². The summed E-state index contributed by atoms with van der Waals surface area (Å²) < 4.78 is 0. The molecule has 2 aromatic carbocycles. The lowest BCUT2D eigenvalue weighted by molar-refractivity contribution is 0.228. The molecule has 1 atom stereocenters. The van der Waals surface area contributed by atoms with Crippen molar-refractivity contribution in [1.82, 2.24) is 15.5 Å². The Morgan fingerprint density at radius 3 is 2.31 bits per heavy atom. The van der Waals surface area contributed by atoms with Crippen molar-refractivity contribution in [3.63, 3.8) is 0 Å². The number of phenols is 1. The summed E-state index contributed by atoms with van der Waals surface area (Å²) in [6.45, 7) is 0.569. The molecule has 0 fully saturated rings. The monoisotopic (exact) mass is 353 g/mol. The van der Waals surface area contributed by atoms with Crippen LogP contribution in [0.4, 0.5) is 4.79 Å². The van der Waals surface area contributed by atoms with E-state index in [0.717, 1.165) is 24.8 Å². The second kappa shape index (κ2) is 8.23. The van der Waals surface area contributed by atoms with Crippen LogP contribution in [0.2, 0.25) is 0 Å². The van der Waals surface area contributed by atoms with Crippen molar-refractivity contribution in [2.24, 2.45) is 0 Å². The van der Waals surface area contributed by atoms with Crippen molar-refractivity contribution >= 4 is 6.03 Å². The van der Waals surface area contributed by atoms with E-state index in [4.69, 9.17) is 0 Å². The number of hydrogen-bond donors (Lipinski definition) is 3. The van der Waals surface area contributed by atoms with Crippen LogP contribution in [0.15, 0.2) is 48.5 Å². The Kier molecular flexibility index (Phi) is 5.78. The Hall–Kier alpha value is -2.53. The maximum absolute atomic E-state index is 12.3. The molecule has 0 saturated heterocycles. The zero-order valence-corrected chi connectivity index (χ0v) is 15.4. The van der Waals surface area contributed by atoms with Gasteiger partial charge in [-0.15, -0.1) is 0 Å². The lowest BCUT2D eigenvalue weighted by Crippen LogP contribution is -2.48. The molecular weight excluding hydrogens is 326 g/mol. The second-order valence-corrected chi connectivity index (χ2v) is 7.22. The van der Waals surface area contributed by atoms with Crippen LogP contribution in [-0.2, 0) is 19.3 Å². The quantitative estimate of drug-likeness (QED) is 0.747. The van der Waals surface area contributed by atoms with E-state index >= 15 is 0 Å². The van der Waals surface area contributed by atoms with Gasteiger partial charge in [-0.1, -0.05) is 36.4 Å². The van der Waals surface area contributed by atoms with E-state index in [0.29, 0.717) is 6.54 Å². The maximum Gasteiger partial charge on any atom is 0.315 e. The molecule has 138 valence electrons. The summed E-state index contributed by atoms with van der Waals surface area (Å²) in [4.78, 5) is 14.4. The number of fused-ring (bicyclic) bond motifs is 1. The van der Waals surface area contributed by atoms with Gasteiger partial charge in [0.05, 0.1) is 0 Å². The van der Waals surface area contributed by atoms with E-state index < -0.39 is 0 Å². The minimum atomic E-state index is -0.111. The Bertz CT molecular complexity index is 718. The minimum Gasteiger partial charge on any atom is -0.508 e. The van der Waals surface area contributed by atoms with Gasteiger partial charge in [0, 0.05) is 18.6 Å². The Balaban J connectivity index is 1.48. The van der Waals surface area contributed by atoms with Crippen molar-refractivity contribution in [2.75, 3.05) is 20.6 Å². The van der Waals surface area contributed by atoms with Crippen LogP contribution in [0.1, 0.15) is 16.7 Å². The molecule has 0 bridgehead atoms. The third-order valence-electron chi connectivity index (χ3n) is 5.02. The first-order chi connectivity index (χ1) is 12.5. The third-order valence-corrected chi connectivity index (χ3v) is 5.02. The number of nitrogens with one attached hydrogen (secondary N) is 2. The number of urea groups is 1. The van der Waals surface area contributed by atoms with Gasteiger partial charge in [-0.25, -0.2) is 4.79 Å². The lowest BCUT2D eigenvalue weighted by Gasteiger charge is -2.25. The van der Waals surface area contributed by atoms with Crippen LogP contribution in [0.3, 0.4) is 0 Å². The molecule has 26 heavy (non-hydrogen) atoms. The molecule has 3 rings (SSSR count). The molecule has 0 saturated carbocycles. The van der Waals surface area contributed by atoms with E-state index in [1.807, 2.05) is 38.4 Å². The molecular formula is C21H27N3O2. The van der Waals surface area contributed by atoms with Gasteiger partial charge in [0.1, 0.15) is 5.75 Å². The molecule has 0 unspecified atom stereocenters. The summed E-state index contributed by atoms with van der Waals surface area (Å²) in [5.74, 6) is 0.269. The number of hydrogen-bond acceptors (Lipinski definition) is 3. The second-order valence-electron chi connectivity index (χ2n) is 7.22. The fourth-order valence-electron chi connectivity index (χ4n) is 3.45. The molecule has 1 aliphatic carbocycles. The highest BCUT2D eigenvalue weighted by atomic mass is 16.3. The molecule has 0 radical (unpaired) electrons. The van der Waals surface area contributed by atoms with Gasteiger partial charge in [-0.05, 0) is 62.2 Å². The average molecular weight is 353 g/mol. The molecule has 0 heterocycles. The van der Waals surface area contributed by atoms with E-state index in [-0.39, 0.29) is 23.9 Å². The van der Waals surface area contributed by atoms with Gasteiger partial charge in [0.25, 0.3) is 0 Å². The Morgan fingerprint density at radius 2 is 1.73 bits per heavy atom. The SMILES string of the molecule is CN(C)[C@H](CNC(=O)NC1Cc2ccccc2C1)Cc1ccc(O)cc1. The van der Waals surface area contributed by atoms with Crippen LogP contribution in [0.25, 0.3) is 0 Å². The molecule has 0 aromatic heterocycles. The predicted octanol–water partition coefficient (Wildman–Crippen LogP) is 2.33. The first kappa shape index (κ1) is 18.3. The summed E-state index contributed by atoms with van der Waals surface area (Å²) in [6.07, 6.45) is 2.60. The number of rotatable bonds is 6. The number of aromatic hydroxyl groups is 1. The van der Waals surface area contributed by atoms with Gasteiger partial charge < -0.3 is 20.6 Å². The van der Waals surface area contributed by atoms with Crippen molar-refractivity contribution < 1.29 is 9.90 Å². The zero-order chi connectivity index (χ0) is 18.5. The number of nitrogens with zero attached hydrogens (tertiary/aromatic N) is 1. The first-order valence-corrected chi connectivity index (χ1v) is 9.06. The Morgan fingerprint density at radius 1 is 1.12 bits per heavy atom. The first-order valence-electron chi connectivity index (χ1n) is 9.06. The lowest BCUT2D eigenvalue weighted by atomic mass is 10.1. The summed E-state index contributed by atoms with van der Waals surface area (Å²) in [5, 5.41) is 15.5. The van der Waals surface area contributed by atoms with Gasteiger partial charge >= 0.3 is 6.03 Å². The molecule has 2 aromatic rings. The van der Waals surface area contributed by atoms with Crippen LogP contribution in [-0.4, -0.2) is 48.8 Å². The number of carbonyl (C=O) groups is 1. The van der Waals surface area contributed by atoms with Crippen LogP contribution in [0.5, 0.6) is 5.75 Å². The van der Waals surface area contributed by atoms with E-state index in [2.05, 4.69) is 27.7 Å². The molecule has 0 aliphatic heterocycles. The van der Waals surface area contributed by atoms with Crippen LogP contribution in [0, 0.1) is 0 Å². The summed E-state index contributed by atoms with van der Waals surface area (Å²) in [6, 6.07) is 15.8. The number of amides is 2.